The van der Waals surface area contributed by atoms with Gasteiger partial charge in [0.05, 0.1) is 0 Å². The molecule has 0 unspecified atom stereocenters. The molecule has 4 amide bonds. The fourth-order valence-corrected chi connectivity index (χ4v) is 6.18. The SMILES string of the molecule is CNC(=O)c1coc(-c2nc3oc2[C@@]2(c4ccccc4)C(=O)Nc4ccc(cc42)C[C@H](NC(=O)[C@@H](O)C(C)C)C(=O)N[C@H]3C(C)(C)C)n1. The lowest BCUT2D eigenvalue weighted by Gasteiger charge is -2.32. The number of aliphatic hydroxyl groups excluding tert-OH is 1. The molecule has 2 aromatic heterocycles. The molecule has 13 heteroatoms. The van der Waals surface area contributed by atoms with Gasteiger partial charge in [-0.15, -0.1) is 0 Å². The summed E-state index contributed by atoms with van der Waals surface area (Å²) in [5, 5.41) is 21.8. The minimum absolute atomic E-state index is 0.00363. The van der Waals surface area contributed by atoms with E-state index in [2.05, 4.69) is 26.3 Å². The highest BCUT2D eigenvalue weighted by molar-refractivity contribution is 6.11. The predicted molar refractivity (Wildman–Crippen MR) is 174 cm³/mol. The number of nitrogens with zero attached hydrogens (tertiary/aromatic N) is 2. The van der Waals surface area contributed by atoms with Crippen molar-refractivity contribution in [2.24, 2.45) is 11.3 Å². The van der Waals surface area contributed by atoms with Gasteiger partial charge in [0.25, 0.3) is 5.91 Å². The number of hydrogen-bond acceptors (Lipinski definition) is 9. The van der Waals surface area contributed by atoms with Crippen LogP contribution in [0.4, 0.5) is 5.69 Å². The van der Waals surface area contributed by atoms with Gasteiger partial charge < -0.3 is 35.2 Å². The Hall–Kier alpha value is -5.30. The van der Waals surface area contributed by atoms with Crippen molar-refractivity contribution in [2.75, 3.05) is 12.4 Å². The van der Waals surface area contributed by atoms with E-state index in [1.807, 2.05) is 51.1 Å². The third-order valence-electron chi connectivity index (χ3n) is 8.81. The van der Waals surface area contributed by atoms with E-state index in [4.69, 9.17) is 13.8 Å². The van der Waals surface area contributed by atoms with E-state index in [9.17, 15) is 24.3 Å². The first-order valence-electron chi connectivity index (χ1n) is 15.7. The molecule has 0 radical (unpaired) electrons. The number of nitrogens with one attached hydrogen (secondary N) is 4. The van der Waals surface area contributed by atoms with Gasteiger partial charge in [-0.05, 0) is 28.5 Å². The van der Waals surface area contributed by atoms with Crippen molar-refractivity contribution in [3.63, 3.8) is 0 Å². The molecule has 2 aliphatic rings. The molecular formula is C35H38N6O7. The largest absolute Gasteiger partial charge is 0.442 e. The predicted octanol–water partition coefficient (Wildman–Crippen LogP) is 3.24. The van der Waals surface area contributed by atoms with E-state index in [0.29, 0.717) is 22.4 Å². The normalized spacial score (nSPS) is 21.1. The summed E-state index contributed by atoms with van der Waals surface area (Å²) in [7, 11) is 1.47. The molecule has 0 fully saturated rings. The minimum atomic E-state index is -1.60. The quantitative estimate of drug-likeness (QED) is 0.208. The minimum Gasteiger partial charge on any atom is -0.442 e. The van der Waals surface area contributed by atoms with Crippen LogP contribution in [0.2, 0.25) is 0 Å². The zero-order valence-electron chi connectivity index (χ0n) is 27.5. The zero-order chi connectivity index (χ0) is 34.5. The van der Waals surface area contributed by atoms with Gasteiger partial charge in [0.15, 0.2) is 22.6 Å². The van der Waals surface area contributed by atoms with Crippen molar-refractivity contribution in [1.82, 2.24) is 25.9 Å². The van der Waals surface area contributed by atoms with Gasteiger partial charge in [-0.25, -0.2) is 9.97 Å². The average molecular weight is 655 g/mol. The smallest absolute Gasteiger partial charge is 0.272 e. The third-order valence-corrected chi connectivity index (χ3v) is 8.81. The van der Waals surface area contributed by atoms with E-state index in [-0.39, 0.29) is 41.3 Å². The molecule has 0 spiro atoms. The lowest BCUT2D eigenvalue weighted by Crippen LogP contribution is -2.53. The number of fused-ring (bicyclic) bond motifs is 4. The van der Waals surface area contributed by atoms with Crippen LogP contribution in [0.25, 0.3) is 11.6 Å². The molecule has 0 aliphatic carbocycles. The maximum Gasteiger partial charge on any atom is 0.272 e. The number of carbonyl (C=O) groups excluding carboxylic acids is 4. The van der Waals surface area contributed by atoms with Crippen molar-refractivity contribution >= 4 is 29.3 Å². The Balaban J connectivity index is 1.65. The summed E-state index contributed by atoms with van der Waals surface area (Å²) in [5.41, 5.74) is 0.00921. The number of oxazole rings is 2. The molecule has 0 saturated carbocycles. The van der Waals surface area contributed by atoms with Crippen LogP contribution >= 0.6 is 0 Å². The number of anilines is 1. The number of aromatic nitrogens is 2. The lowest BCUT2D eigenvalue weighted by molar-refractivity contribution is -0.136. The Morgan fingerprint density at radius 3 is 2.48 bits per heavy atom. The van der Waals surface area contributed by atoms with Crippen LogP contribution in [0.15, 0.2) is 63.6 Å². The molecule has 4 aromatic rings. The van der Waals surface area contributed by atoms with Gasteiger partial charge in [-0.1, -0.05) is 77.1 Å². The number of rotatable bonds is 6. The Labute approximate surface area is 276 Å². The van der Waals surface area contributed by atoms with E-state index in [1.54, 1.807) is 32.0 Å². The van der Waals surface area contributed by atoms with E-state index >= 15 is 0 Å². The molecule has 6 rings (SSSR count). The highest BCUT2D eigenvalue weighted by Gasteiger charge is 2.55. The molecule has 4 atom stereocenters. The highest BCUT2D eigenvalue weighted by atomic mass is 16.4. The Morgan fingerprint density at radius 2 is 1.81 bits per heavy atom. The summed E-state index contributed by atoms with van der Waals surface area (Å²) in [6, 6.07) is 12.4. The topological polar surface area (TPSA) is 189 Å². The summed E-state index contributed by atoms with van der Waals surface area (Å²) in [6.45, 7) is 9.06. The molecular weight excluding hydrogens is 616 g/mol. The van der Waals surface area contributed by atoms with Gasteiger partial charge in [0.1, 0.15) is 24.5 Å². The number of carbonyl (C=O) groups is 4. The van der Waals surface area contributed by atoms with Crippen LogP contribution in [0.1, 0.15) is 79.5 Å². The van der Waals surface area contributed by atoms with Gasteiger partial charge in [0, 0.05) is 24.7 Å². The number of aliphatic hydroxyl groups is 1. The molecule has 2 aliphatic heterocycles. The second-order valence-corrected chi connectivity index (χ2v) is 13.6. The van der Waals surface area contributed by atoms with Crippen molar-refractivity contribution in [3.05, 3.63) is 88.8 Å². The second kappa shape index (κ2) is 12.1. The van der Waals surface area contributed by atoms with Crippen LogP contribution in [0, 0.1) is 11.3 Å². The van der Waals surface area contributed by atoms with Crippen LogP contribution in [-0.4, -0.2) is 57.9 Å². The Kier molecular flexibility index (Phi) is 8.20. The molecule has 48 heavy (non-hydrogen) atoms. The highest BCUT2D eigenvalue weighted by Crippen LogP contribution is 2.52. The second-order valence-electron chi connectivity index (χ2n) is 13.6. The average Bonchev–Trinajstić information content (AvgIpc) is 3.77. The molecule has 13 nitrogen and oxygen atoms in total. The Bertz CT molecular complexity index is 1910. The molecule has 0 saturated heterocycles. The van der Waals surface area contributed by atoms with E-state index < -0.39 is 52.6 Å². The first-order valence-corrected chi connectivity index (χ1v) is 15.7. The summed E-state index contributed by atoms with van der Waals surface area (Å²) in [6.07, 6.45) is -0.0826. The van der Waals surface area contributed by atoms with Crippen molar-refractivity contribution < 1.29 is 33.1 Å². The third kappa shape index (κ3) is 5.43. The molecule has 4 bridgehead atoms. The maximum atomic E-state index is 14.5. The van der Waals surface area contributed by atoms with Gasteiger partial charge in [-0.3, -0.25) is 19.2 Å². The Morgan fingerprint density at radius 1 is 1.08 bits per heavy atom. The first kappa shape index (κ1) is 32.6. The summed E-state index contributed by atoms with van der Waals surface area (Å²) < 4.78 is 12.5. The number of hydrogen-bond donors (Lipinski definition) is 5. The molecule has 250 valence electrons. The van der Waals surface area contributed by atoms with E-state index in [1.165, 1.54) is 13.3 Å². The van der Waals surface area contributed by atoms with Gasteiger partial charge in [-0.2, -0.15) is 0 Å². The summed E-state index contributed by atoms with van der Waals surface area (Å²) in [5.74, 6) is -2.40. The fraction of sp³-hybridized carbons (Fsp3) is 0.371. The van der Waals surface area contributed by atoms with Crippen LogP contribution in [0.5, 0.6) is 0 Å². The zero-order valence-corrected chi connectivity index (χ0v) is 27.5. The standard InChI is InChI=1S/C35H38N6O7/c1-17(2)25(42)30(45)37-22-15-18-12-13-21-20(14-18)35(33(46)39-21,19-10-8-7-9-11-19)27-24(31-38-23(16-47-31)28(43)36-6)40-32(48-27)26(34(3,4)5)41-29(22)44/h7-14,16-17,22,25-26,42H,15H2,1-6H3,(H,36,43)(H,37,45)(H,39,46)(H,41,44)/t22-,25-,26+,35-/m0/s1. The van der Waals surface area contributed by atoms with Crippen molar-refractivity contribution in [2.45, 2.75) is 64.6 Å². The molecule has 5 N–H and O–H groups in total. The van der Waals surface area contributed by atoms with Crippen LogP contribution in [-0.2, 0) is 26.2 Å². The lowest BCUT2D eigenvalue weighted by atomic mass is 9.72. The van der Waals surface area contributed by atoms with Gasteiger partial charge in [0.2, 0.25) is 29.5 Å². The first-order chi connectivity index (χ1) is 22.7. The van der Waals surface area contributed by atoms with Gasteiger partial charge >= 0.3 is 0 Å². The fourth-order valence-electron chi connectivity index (χ4n) is 6.18. The van der Waals surface area contributed by atoms with E-state index in [0.717, 1.165) is 0 Å². The van der Waals surface area contributed by atoms with Crippen LogP contribution < -0.4 is 21.3 Å². The summed E-state index contributed by atoms with van der Waals surface area (Å²) in [4.78, 5) is 63.3. The summed E-state index contributed by atoms with van der Waals surface area (Å²) >= 11 is 0. The maximum absolute atomic E-state index is 14.5. The monoisotopic (exact) mass is 654 g/mol. The number of benzene rings is 2. The van der Waals surface area contributed by atoms with Crippen molar-refractivity contribution in [3.8, 4) is 11.6 Å². The number of amides is 4. The molecule has 2 aromatic carbocycles. The van der Waals surface area contributed by atoms with Crippen molar-refractivity contribution in [1.29, 1.82) is 0 Å². The van der Waals surface area contributed by atoms with Crippen LogP contribution in [0.3, 0.4) is 0 Å². The molecule has 4 heterocycles.